The zero-order chi connectivity index (χ0) is 27.4. The molecule has 0 radical (unpaired) electrons. The van der Waals surface area contributed by atoms with Crippen molar-refractivity contribution in [2.24, 2.45) is 10.4 Å². The smallest absolute Gasteiger partial charge is 0.233 e. The fraction of sp³-hybridized carbons (Fsp3) is 0.281. The van der Waals surface area contributed by atoms with Gasteiger partial charge in [0, 0.05) is 42.5 Å². The quantitative estimate of drug-likeness (QED) is 0.329. The van der Waals surface area contributed by atoms with Gasteiger partial charge >= 0.3 is 0 Å². The van der Waals surface area contributed by atoms with Gasteiger partial charge in [-0.1, -0.05) is 66.7 Å². The largest absolute Gasteiger partial charge is 0.369 e. The number of carbonyl (C=O) groups excluding carboxylic acids is 1. The minimum Gasteiger partial charge on any atom is -0.369 e. The van der Waals surface area contributed by atoms with Gasteiger partial charge in [0.2, 0.25) is 5.91 Å². The predicted octanol–water partition coefficient (Wildman–Crippen LogP) is 4.91. The van der Waals surface area contributed by atoms with Crippen LogP contribution in [0.2, 0.25) is 0 Å². The first kappa shape index (κ1) is 25.7. The second kappa shape index (κ2) is 11.3. The maximum atomic E-state index is 14.0. The molecule has 8 heteroatoms. The number of carbonyl (C=O) groups is 1. The number of piperidine rings is 1. The third-order valence-corrected chi connectivity index (χ3v) is 7.88. The highest BCUT2D eigenvalue weighted by molar-refractivity contribution is 6.13. The number of hydrogen-bond acceptors (Lipinski definition) is 7. The first-order valence-electron chi connectivity index (χ1n) is 13.8. The number of anilines is 3. The van der Waals surface area contributed by atoms with E-state index in [0.717, 1.165) is 52.6 Å². The summed E-state index contributed by atoms with van der Waals surface area (Å²) < 4.78 is 0. The fourth-order valence-corrected chi connectivity index (χ4v) is 5.53. The summed E-state index contributed by atoms with van der Waals surface area (Å²) in [4.78, 5) is 34.9. The molecular formula is C32H33N7O. The van der Waals surface area contributed by atoms with E-state index in [4.69, 9.17) is 4.99 Å². The molecule has 4 aromatic rings. The summed E-state index contributed by atoms with van der Waals surface area (Å²) in [5.74, 6) is 2.42. The van der Waals surface area contributed by atoms with E-state index >= 15 is 0 Å². The SMILES string of the molecule is Cc1ccc(NC(=O)C2(CN=C(c3ccccc3)c3ccccc3)CCN(c3ncnc4c3CCN4)CC2)nc1. The number of fused-ring (bicyclic) bond motifs is 1. The molecule has 202 valence electrons. The summed E-state index contributed by atoms with van der Waals surface area (Å²) >= 11 is 0. The number of nitrogens with one attached hydrogen (secondary N) is 2. The highest BCUT2D eigenvalue weighted by Gasteiger charge is 2.42. The number of amides is 1. The Balaban J connectivity index is 1.31. The number of nitrogens with zero attached hydrogens (tertiary/aromatic N) is 5. The van der Waals surface area contributed by atoms with Crippen molar-refractivity contribution < 1.29 is 4.79 Å². The van der Waals surface area contributed by atoms with E-state index in [2.05, 4.69) is 54.8 Å². The molecule has 2 aliphatic rings. The lowest BCUT2D eigenvalue weighted by Gasteiger charge is -2.40. The zero-order valence-corrected chi connectivity index (χ0v) is 22.7. The van der Waals surface area contributed by atoms with Gasteiger partial charge in [0.25, 0.3) is 0 Å². The maximum absolute atomic E-state index is 14.0. The van der Waals surface area contributed by atoms with Crippen LogP contribution in [0.5, 0.6) is 0 Å². The van der Waals surface area contributed by atoms with E-state index in [0.29, 0.717) is 38.3 Å². The highest BCUT2D eigenvalue weighted by Crippen LogP contribution is 2.37. The van der Waals surface area contributed by atoms with Gasteiger partial charge in [0.1, 0.15) is 23.8 Å². The molecular weight excluding hydrogens is 498 g/mol. The number of aliphatic imine (C=N–C) groups is 1. The number of rotatable bonds is 7. The van der Waals surface area contributed by atoms with Crippen LogP contribution in [0.15, 0.2) is 90.3 Å². The van der Waals surface area contributed by atoms with Crippen LogP contribution in [0.4, 0.5) is 17.5 Å². The summed E-state index contributed by atoms with van der Waals surface area (Å²) in [6.45, 7) is 4.65. The molecule has 0 unspecified atom stereocenters. The molecule has 2 aliphatic heterocycles. The second-order valence-corrected chi connectivity index (χ2v) is 10.5. The Morgan fingerprint density at radius 3 is 2.30 bits per heavy atom. The van der Waals surface area contributed by atoms with Crippen molar-refractivity contribution in [1.29, 1.82) is 0 Å². The van der Waals surface area contributed by atoms with Gasteiger partial charge in [-0.2, -0.15) is 0 Å². The molecule has 1 amide bonds. The third kappa shape index (κ3) is 5.30. The molecule has 0 atom stereocenters. The van der Waals surface area contributed by atoms with E-state index in [1.54, 1.807) is 12.5 Å². The zero-order valence-electron chi connectivity index (χ0n) is 22.7. The molecule has 40 heavy (non-hydrogen) atoms. The van der Waals surface area contributed by atoms with Crippen molar-refractivity contribution in [2.45, 2.75) is 26.2 Å². The average Bonchev–Trinajstić information content (AvgIpc) is 3.49. The minimum atomic E-state index is -0.688. The number of pyridine rings is 1. The van der Waals surface area contributed by atoms with Crippen molar-refractivity contribution in [2.75, 3.05) is 41.7 Å². The van der Waals surface area contributed by atoms with Gasteiger partial charge in [0.15, 0.2) is 0 Å². The van der Waals surface area contributed by atoms with Crippen molar-refractivity contribution in [3.05, 3.63) is 108 Å². The molecule has 1 fully saturated rings. The Bertz CT molecular complexity index is 1450. The summed E-state index contributed by atoms with van der Waals surface area (Å²) in [5.41, 5.74) is 4.48. The topological polar surface area (TPSA) is 95.4 Å². The fourth-order valence-electron chi connectivity index (χ4n) is 5.53. The highest BCUT2D eigenvalue weighted by atomic mass is 16.2. The molecule has 2 N–H and O–H groups in total. The monoisotopic (exact) mass is 531 g/mol. The molecule has 2 aromatic heterocycles. The Labute approximate surface area is 234 Å². The first-order valence-corrected chi connectivity index (χ1v) is 13.8. The summed E-state index contributed by atoms with van der Waals surface area (Å²) in [7, 11) is 0. The Hall–Kier alpha value is -4.59. The number of benzene rings is 2. The minimum absolute atomic E-state index is 0.0395. The molecule has 8 nitrogen and oxygen atoms in total. The Morgan fingerprint density at radius 2 is 1.65 bits per heavy atom. The van der Waals surface area contributed by atoms with Crippen LogP contribution < -0.4 is 15.5 Å². The average molecular weight is 532 g/mol. The van der Waals surface area contributed by atoms with E-state index in [9.17, 15) is 4.79 Å². The molecule has 1 saturated heterocycles. The first-order chi connectivity index (χ1) is 19.6. The number of hydrogen-bond donors (Lipinski definition) is 2. The molecule has 6 rings (SSSR count). The summed E-state index contributed by atoms with van der Waals surface area (Å²) in [6.07, 6.45) is 5.61. The number of aryl methyl sites for hydroxylation is 1. The predicted molar refractivity (Wildman–Crippen MR) is 159 cm³/mol. The lowest BCUT2D eigenvalue weighted by molar-refractivity contribution is -0.126. The van der Waals surface area contributed by atoms with Gasteiger partial charge in [-0.25, -0.2) is 15.0 Å². The van der Waals surface area contributed by atoms with E-state index in [1.165, 1.54) is 0 Å². The van der Waals surface area contributed by atoms with Crippen LogP contribution in [-0.4, -0.2) is 52.7 Å². The molecule has 0 aliphatic carbocycles. The lowest BCUT2D eigenvalue weighted by atomic mass is 9.77. The summed E-state index contributed by atoms with van der Waals surface area (Å²) in [5, 5.41) is 6.45. The summed E-state index contributed by atoms with van der Waals surface area (Å²) in [6, 6.07) is 24.2. The van der Waals surface area contributed by atoms with Crippen LogP contribution >= 0.6 is 0 Å². The van der Waals surface area contributed by atoms with Crippen LogP contribution in [0.1, 0.15) is 35.1 Å². The van der Waals surface area contributed by atoms with Gasteiger partial charge < -0.3 is 15.5 Å². The van der Waals surface area contributed by atoms with Gasteiger partial charge in [-0.05, 0) is 37.8 Å². The molecule has 0 spiro atoms. The standard InChI is InChI=1S/C32H33N7O/c1-23-12-13-27(34-20-23)38-31(40)32(15-18-39(19-16-32)30-26-14-17-33-29(26)36-22-37-30)21-35-28(24-8-4-2-5-9-24)25-10-6-3-7-11-25/h2-13,20,22H,14-19,21H2,1H3,(H,33,36,37)(H,34,38,40). The molecule has 2 aromatic carbocycles. The van der Waals surface area contributed by atoms with E-state index in [1.807, 2.05) is 55.5 Å². The second-order valence-electron chi connectivity index (χ2n) is 10.5. The Kier molecular flexibility index (Phi) is 7.23. The van der Waals surface area contributed by atoms with Crippen molar-refractivity contribution in [3.63, 3.8) is 0 Å². The molecule has 4 heterocycles. The van der Waals surface area contributed by atoms with Crippen molar-refractivity contribution in [3.8, 4) is 0 Å². The van der Waals surface area contributed by atoms with Crippen LogP contribution in [0.25, 0.3) is 0 Å². The van der Waals surface area contributed by atoms with Gasteiger partial charge in [0.05, 0.1) is 17.7 Å². The van der Waals surface area contributed by atoms with Gasteiger partial charge in [-0.15, -0.1) is 0 Å². The third-order valence-electron chi connectivity index (χ3n) is 7.88. The van der Waals surface area contributed by atoms with Crippen LogP contribution in [0, 0.1) is 12.3 Å². The lowest BCUT2D eigenvalue weighted by Crippen LogP contribution is -2.49. The van der Waals surface area contributed by atoms with Crippen LogP contribution in [-0.2, 0) is 11.2 Å². The van der Waals surface area contributed by atoms with Crippen molar-refractivity contribution in [1.82, 2.24) is 15.0 Å². The van der Waals surface area contributed by atoms with E-state index in [-0.39, 0.29) is 5.91 Å². The normalized spacial score (nSPS) is 15.6. The molecule has 0 bridgehead atoms. The van der Waals surface area contributed by atoms with Crippen LogP contribution in [0.3, 0.4) is 0 Å². The maximum Gasteiger partial charge on any atom is 0.233 e. The molecule has 0 saturated carbocycles. The Morgan fingerprint density at radius 1 is 0.950 bits per heavy atom. The number of aromatic nitrogens is 3. The van der Waals surface area contributed by atoms with Crippen molar-refractivity contribution >= 4 is 29.1 Å². The van der Waals surface area contributed by atoms with E-state index < -0.39 is 5.41 Å². The van der Waals surface area contributed by atoms with Gasteiger partial charge in [-0.3, -0.25) is 9.79 Å².